The fraction of sp³-hybridized carbons (Fsp3) is 0. The van der Waals surface area contributed by atoms with Gasteiger partial charge in [-0.15, -0.1) is 0 Å². The summed E-state index contributed by atoms with van der Waals surface area (Å²) in [5.74, 6) is 0. The summed E-state index contributed by atoms with van der Waals surface area (Å²) >= 11 is 0. The van der Waals surface area contributed by atoms with Crippen LogP contribution in [0.15, 0.2) is 0 Å². The Balaban J connectivity index is -0.000000107. The van der Waals surface area contributed by atoms with Gasteiger partial charge in [-0.3, -0.25) is 0 Å². The Morgan fingerprint density at radius 1 is 0.833 bits per heavy atom. The molecule has 0 unspecified atom stereocenters. The molecular weight excluding hydrogens is 215 g/mol. The van der Waals surface area contributed by atoms with Crippen molar-refractivity contribution in [1.29, 1.82) is 0 Å². The Labute approximate surface area is 103 Å². The minimum absolute atomic E-state index is 0. The third-order valence-electron chi connectivity index (χ3n) is 0.213. The van der Waals surface area contributed by atoms with Crippen LogP contribution in [0.2, 0.25) is 0 Å². The van der Waals surface area contributed by atoms with E-state index in [1.165, 1.54) is 0 Å². The molecule has 0 aliphatic heterocycles. The van der Waals surface area contributed by atoms with E-state index in [1.54, 1.807) is 0 Å². The van der Waals surface area contributed by atoms with Crippen molar-refractivity contribution in [1.82, 2.24) is 0 Å². The van der Waals surface area contributed by atoms with Crippen LogP contribution in [0.5, 0.6) is 0 Å². The fourth-order valence-electron chi connectivity index (χ4n) is 0.139. The molecule has 0 saturated carbocycles. The van der Waals surface area contributed by atoms with Gasteiger partial charge < -0.3 is 19.6 Å². The van der Waals surface area contributed by atoms with E-state index in [9.17, 15) is 9.13 Å². The summed E-state index contributed by atoms with van der Waals surface area (Å²) in [7, 11) is -10.1. The zero-order chi connectivity index (χ0) is 7.71. The third kappa shape index (κ3) is 22.7. The summed E-state index contributed by atoms with van der Waals surface area (Å²) in [5, 5.41) is 0. The van der Waals surface area contributed by atoms with Gasteiger partial charge in [-0.05, 0) is 0 Å². The van der Waals surface area contributed by atoms with Crippen molar-refractivity contribution in [2.75, 3.05) is 0 Å². The van der Waals surface area contributed by atoms with Gasteiger partial charge >= 0.3 is 53.4 Å². The molecular formula is H9AlLi2O7P2. The fourth-order valence-corrected chi connectivity index (χ4v) is 1.25. The van der Waals surface area contributed by atoms with Crippen LogP contribution in [-0.4, -0.2) is 74.7 Å². The summed E-state index contributed by atoms with van der Waals surface area (Å²) in [6, 6.07) is 0. The number of hydrogen-bond acceptors (Lipinski definition) is 3. The van der Waals surface area contributed by atoms with E-state index in [2.05, 4.69) is 4.31 Å². The van der Waals surface area contributed by atoms with Crippen molar-refractivity contribution in [3.05, 3.63) is 0 Å². The quantitative estimate of drug-likeness (QED) is 0.286. The second-order valence-electron chi connectivity index (χ2n) is 1.06. The number of phosphoric acid groups is 2. The van der Waals surface area contributed by atoms with Crippen LogP contribution in [0, 0.1) is 0 Å². The van der Waals surface area contributed by atoms with Gasteiger partial charge in [0.2, 0.25) is 0 Å². The van der Waals surface area contributed by atoms with Gasteiger partial charge in [0.1, 0.15) is 0 Å². The Kier molecular flexibility index (Phi) is 16.4. The monoisotopic (exact) mass is 224 g/mol. The number of rotatable bonds is 2. The molecule has 0 saturated heterocycles. The van der Waals surface area contributed by atoms with Gasteiger partial charge in [-0.25, -0.2) is 9.13 Å². The molecule has 0 heterocycles. The molecule has 7 nitrogen and oxygen atoms in total. The van der Waals surface area contributed by atoms with Crippen LogP contribution in [0.1, 0.15) is 0 Å². The van der Waals surface area contributed by atoms with Crippen LogP contribution in [0.4, 0.5) is 0 Å². The van der Waals surface area contributed by atoms with Crippen molar-refractivity contribution < 1.29 is 33.0 Å². The average molecular weight is 224 g/mol. The normalized spacial score (nSPS) is 10.3. The van der Waals surface area contributed by atoms with Gasteiger partial charge in [0, 0.05) is 0 Å². The number of hydrogen-bond donors (Lipinski definition) is 4. The Morgan fingerprint density at radius 3 is 1.00 bits per heavy atom. The zero-order valence-corrected chi connectivity index (χ0v) is 5.70. The SMILES string of the molecule is O=P(O)(O)OP(=O)(O)O.[AlH3].[LiH].[LiH]. The molecule has 0 rings (SSSR count). The molecule has 0 amide bonds. The van der Waals surface area contributed by atoms with E-state index >= 15 is 0 Å². The summed E-state index contributed by atoms with van der Waals surface area (Å²) in [6.07, 6.45) is 0. The zero-order valence-electron chi connectivity index (χ0n) is 3.91. The first-order valence-electron chi connectivity index (χ1n) is 1.53. The second-order valence-corrected chi connectivity index (χ2v) is 3.68. The molecule has 0 aliphatic rings. The van der Waals surface area contributed by atoms with Crippen molar-refractivity contribution in [3.63, 3.8) is 0 Å². The molecule has 0 spiro atoms. The van der Waals surface area contributed by atoms with Crippen LogP contribution in [0.3, 0.4) is 0 Å². The summed E-state index contributed by atoms with van der Waals surface area (Å²) in [5.41, 5.74) is 0. The van der Waals surface area contributed by atoms with E-state index in [0.29, 0.717) is 0 Å². The first-order chi connectivity index (χ1) is 3.71. The second kappa shape index (κ2) is 8.31. The minimum atomic E-state index is -5.05. The van der Waals surface area contributed by atoms with E-state index in [4.69, 9.17) is 19.6 Å². The molecule has 0 aromatic carbocycles. The Morgan fingerprint density at radius 2 is 1.00 bits per heavy atom. The van der Waals surface area contributed by atoms with Crippen molar-refractivity contribution >= 4 is 70.7 Å². The Hall–Kier alpha value is 1.99. The molecule has 12 heteroatoms. The molecule has 0 atom stereocenters. The van der Waals surface area contributed by atoms with Gasteiger partial charge in [0.15, 0.2) is 17.4 Å². The summed E-state index contributed by atoms with van der Waals surface area (Å²) in [6.45, 7) is 0. The molecule has 66 valence electrons. The molecule has 0 aromatic heterocycles. The average Bonchev–Trinajstić information content (AvgIpc) is 1.14. The van der Waals surface area contributed by atoms with E-state index in [1.807, 2.05) is 0 Å². The predicted molar refractivity (Wildman–Crippen MR) is 49.4 cm³/mol. The molecule has 12 heavy (non-hydrogen) atoms. The molecule has 0 fully saturated rings. The van der Waals surface area contributed by atoms with Gasteiger partial charge in [-0.1, -0.05) is 0 Å². The first kappa shape index (κ1) is 23.7. The van der Waals surface area contributed by atoms with Crippen molar-refractivity contribution in [3.8, 4) is 0 Å². The van der Waals surface area contributed by atoms with Crippen LogP contribution in [-0.2, 0) is 13.4 Å². The van der Waals surface area contributed by atoms with Gasteiger partial charge in [-0.2, -0.15) is 4.31 Å². The molecule has 0 bridgehead atoms. The predicted octanol–water partition coefficient (Wildman–Crippen LogP) is -3.29. The van der Waals surface area contributed by atoms with E-state index in [-0.39, 0.29) is 55.1 Å². The van der Waals surface area contributed by atoms with Crippen molar-refractivity contribution in [2.24, 2.45) is 0 Å². The van der Waals surface area contributed by atoms with Gasteiger partial charge in [0.25, 0.3) is 0 Å². The van der Waals surface area contributed by atoms with Crippen molar-refractivity contribution in [2.45, 2.75) is 0 Å². The van der Waals surface area contributed by atoms with Gasteiger partial charge in [0.05, 0.1) is 0 Å². The van der Waals surface area contributed by atoms with E-state index < -0.39 is 15.6 Å². The molecule has 0 aliphatic carbocycles. The molecule has 4 N–H and O–H groups in total. The summed E-state index contributed by atoms with van der Waals surface area (Å²) < 4.78 is 22.2. The van der Waals surface area contributed by atoms with Crippen LogP contribution < -0.4 is 0 Å². The first-order valence-corrected chi connectivity index (χ1v) is 4.59. The van der Waals surface area contributed by atoms with E-state index in [0.717, 1.165) is 0 Å². The molecule has 0 aromatic rings. The standard InChI is InChI=1S/Al.2Li.H4O7P2.5H/c;;;1-8(2,3)7-9(4,5)6;;;;;/h;;;(H2,1,2,3)(H2,4,5,6);;;;;. The molecule has 0 radical (unpaired) electrons. The topological polar surface area (TPSA) is 124 Å². The van der Waals surface area contributed by atoms with Crippen LogP contribution in [0.25, 0.3) is 0 Å². The Bertz CT molecular complexity index is 160. The maximum absolute atomic E-state index is 9.63. The maximum atomic E-state index is 9.63. The summed E-state index contributed by atoms with van der Waals surface area (Å²) in [4.78, 5) is 31.0. The third-order valence-corrected chi connectivity index (χ3v) is 1.91. The van der Waals surface area contributed by atoms with Crippen LogP contribution >= 0.6 is 15.6 Å².